The lowest BCUT2D eigenvalue weighted by Crippen LogP contribution is -2.13. The third-order valence-corrected chi connectivity index (χ3v) is 4.48. The Morgan fingerprint density at radius 1 is 1.19 bits per heavy atom. The number of hydrogen-bond acceptors (Lipinski definition) is 3. The summed E-state index contributed by atoms with van der Waals surface area (Å²) < 4.78 is 0. The minimum Gasteiger partial charge on any atom is -0.383 e. The summed E-state index contributed by atoms with van der Waals surface area (Å²) in [5, 5.41) is 13.8. The SMILES string of the molecule is N#Cc1cnc2ccccc2c1NCCC1CCCCC1. The standard InChI is InChI=1S/C18H21N3/c19-12-15-13-21-17-9-5-4-8-16(17)18(15)20-11-10-14-6-2-1-3-7-14/h4-5,8-9,13-14H,1-3,6-7,10-11H2,(H,20,21). The van der Waals surface area contributed by atoms with E-state index in [0.717, 1.165) is 29.1 Å². The molecular weight excluding hydrogens is 258 g/mol. The van der Waals surface area contributed by atoms with Crippen LogP contribution in [0.4, 0.5) is 5.69 Å². The van der Waals surface area contributed by atoms with Gasteiger partial charge in [0.15, 0.2) is 0 Å². The molecule has 2 aromatic rings. The number of rotatable bonds is 4. The summed E-state index contributed by atoms with van der Waals surface area (Å²) in [6, 6.07) is 10.3. The summed E-state index contributed by atoms with van der Waals surface area (Å²) >= 11 is 0. The Morgan fingerprint density at radius 2 is 2.00 bits per heavy atom. The van der Waals surface area contributed by atoms with Crippen LogP contribution in [-0.2, 0) is 0 Å². The summed E-state index contributed by atoms with van der Waals surface area (Å²) in [6.07, 6.45) is 9.76. The number of para-hydroxylation sites is 1. The topological polar surface area (TPSA) is 48.7 Å². The van der Waals surface area contributed by atoms with Gasteiger partial charge in [0.1, 0.15) is 6.07 Å². The number of nitrogens with zero attached hydrogens (tertiary/aromatic N) is 2. The van der Waals surface area contributed by atoms with Gasteiger partial charge in [-0.1, -0.05) is 50.3 Å². The van der Waals surface area contributed by atoms with Crippen LogP contribution in [-0.4, -0.2) is 11.5 Å². The molecule has 0 aliphatic heterocycles. The van der Waals surface area contributed by atoms with Gasteiger partial charge in [0.2, 0.25) is 0 Å². The number of nitriles is 1. The molecule has 1 aromatic carbocycles. The smallest absolute Gasteiger partial charge is 0.103 e. The average Bonchev–Trinajstić information content (AvgIpc) is 2.56. The van der Waals surface area contributed by atoms with Gasteiger partial charge >= 0.3 is 0 Å². The van der Waals surface area contributed by atoms with Gasteiger partial charge in [-0.25, -0.2) is 0 Å². The second kappa shape index (κ2) is 6.58. The minimum atomic E-state index is 0.636. The van der Waals surface area contributed by atoms with Crippen LogP contribution in [0, 0.1) is 17.2 Å². The van der Waals surface area contributed by atoms with Crippen LogP contribution in [0.1, 0.15) is 44.1 Å². The normalized spacial score (nSPS) is 15.8. The van der Waals surface area contributed by atoms with E-state index in [1.54, 1.807) is 6.20 Å². The van der Waals surface area contributed by atoms with Crippen LogP contribution in [0.25, 0.3) is 10.9 Å². The molecule has 0 saturated heterocycles. The Morgan fingerprint density at radius 3 is 2.81 bits per heavy atom. The van der Waals surface area contributed by atoms with E-state index in [1.807, 2.05) is 24.3 Å². The summed E-state index contributed by atoms with van der Waals surface area (Å²) in [6.45, 7) is 0.938. The van der Waals surface area contributed by atoms with Crippen LogP contribution < -0.4 is 5.32 Å². The predicted molar refractivity (Wildman–Crippen MR) is 86.1 cm³/mol. The lowest BCUT2D eigenvalue weighted by atomic mass is 9.87. The summed E-state index contributed by atoms with van der Waals surface area (Å²) in [7, 11) is 0. The number of fused-ring (bicyclic) bond motifs is 1. The van der Waals surface area contributed by atoms with Gasteiger partial charge in [0.05, 0.1) is 16.8 Å². The zero-order valence-electron chi connectivity index (χ0n) is 12.3. The quantitative estimate of drug-likeness (QED) is 0.897. The van der Waals surface area contributed by atoms with Gasteiger partial charge in [-0.05, 0) is 18.4 Å². The van der Waals surface area contributed by atoms with E-state index in [4.69, 9.17) is 0 Å². The van der Waals surface area contributed by atoms with Crippen molar-refractivity contribution in [2.45, 2.75) is 38.5 Å². The molecule has 1 fully saturated rings. The van der Waals surface area contributed by atoms with E-state index >= 15 is 0 Å². The van der Waals surface area contributed by atoms with Crippen molar-refractivity contribution in [1.29, 1.82) is 5.26 Å². The monoisotopic (exact) mass is 279 g/mol. The lowest BCUT2D eigenvalue weighted by molar-refractivity contribution is 0.345. The molecule has 0 amide bonds. The summed E-state index contributed by atoms with van der Waals surface area (Å²) in [5.41, 5.74) is 2.52. The highest BCUT2D eigenvalue weighted by molar-refractivity contribution is 5.93. The van der Waals surface area contributed by atoms with Gasteiger partial charge in [0.25, 0.3) is 0 Å². The van der Waals surface area contributed by atoms with Crippen LogP contribution in [0.2, 0.25) is 0 Å². The first-order valence-corrected chi connectivity index (χ1v) is 7.90. The van der Waals surface area contributed by atoms with Crippen LogP contribution >= 0.6 is 0 Å². The zero-order valence-corrected chi connectivity index (χ0v) is 12.3. The highest BCUT2D eigenvalue weighted by Crippen LogP contribution is 2.28. The van der Waals surface area contributed by atoms with E-state index in [1.165, 1.54) is 38.5 Å². The fourth-order valence-electron chi connectivity index (χ4n) is 3.29. The van der Waals surface area contributed by atoms with Crippen molar-refractivity contribution in [3.63, 3.8) is 0 Å². The molecule has 3 nitrogen and oxygen atoms in total. The molecule has 1 saturated carbocycles. The minimum absolute atomic E-state index is 0.636. The van der Waals surface area contributed by atoms with Crippen molar-refractivity contribution in [2.75, 3.05) is 11.9 Å². The van der Waals surface area contributed by atoms with Crippen molar-refractivity contribution in [3.05, 3.63) is 36.0 Å². The van der Waals surface area contributed by atoms with Gasteiger partial charge in [0, 0.05) is 18.1 Å². The fourth-order valence-corrected chi connectivity index (χ4v) is 3.29. The van der Waals surface area contributed by atoms with Crippen LogP contribution in [0.5, 0.6) is 0 Å². The molecule has 1 aromatic heterocycles. The third-order valence-electron chi connectivity index (χ3n) is 4.48. The van der Waals surface area contributed by atoms with Gasteiger partial charge in [-0.3, -0.25) is 4.98 Å². The molecule has 0 bridgehead atoms. The molecular formula is C18H21N3. The molecule has 3 heteroatoms. The number of benzene rings is 1. The van der Waals surface area contributed by atoms with Gasteiger partial charge < -0.3 is 5.32 Å². The maximum absolute atomic E-state index is 9.30. The molecule has 0 spiro atoms. The lowest BCUT2D eigenvalue weighted by Gasteiger charge is -2.22. The van der Waals surface area contributed by atoms with Crippen LogP contribution in [0.3, 0.4) is 0 Å². The number of nitrogens with one attached hydrogen (secondary N) is 1. The van der Waals surface area contributed by atoms with E-state index in [2.05, 4.69) is 16.4 Å². The number of hydrogen-bond donors (Lipinski definition) is 1. The van der Waals surface area contributed by atoms with Crippen LogP contribution in [0.15, 0.2) is 30.5 Å². The van der Waals surface area contributed by atoms with E-state index in [9.17, 15) is 5.26 Å². The largest absolute Gasteiger partial charge is 0.383 e. The Balaban J connectivity index is 1.74. The van der Waals surface area contributed by atoms with Crippen molar-refractivity contribution in [1.82, 2.24) is 4.98 Å². The molecule has 0 radical (unpaired) electrons. The second-order valence-corrected chi connectivity index (χ2v) is 5.90. The predicted octanol–water partition coefficient (Wildman–Crippen LogP) is 4.49. The van der Waals surface area contributed by atoms with E-state index < -0.39 is 0 Å². The fraction of sp³-hybridized carbons (Fsp3) is 0.444. The van der Waals surface area contributed by atoms with E-state index in [-0.39, 0.29) is 0 Å². The maximum Gasteiger partial charge on any atom is 0.103 e. The molecule has 1 N–H and O–H groups in total. The summed E-state index contributed by atoms with van der Waals surface area (Å²) in [5.74, 6) is 0.852. The third kappa shape index (κ3) is 3.16. The first kappa shape index (κ1) is 13.9. The Hall–Kier alpha value is -2.08. The molecule has 3 rings (SSSR count). The number of aromatic nitrogens is 1. The van der Waals surface area contributed by atoms with Crippen molar-refractivity contribution in [3.8, 4) is 6.07 Å². The average molecular weight is 279 g/mol. The first-order valence-electron chi connectivity index (χ1n) is 7.90. The molecule has 1 aliphatic rings. The Bertz CT molecular complexity index is 651. The van der Waals surface area contributed by atoms with Gasteiger partial charge in [-0.2, -0.15) is 5.26 Å². The highest BCUT2D eigenvalue weighted by atomic mass is 14.9. The zero-order chi connectivity index (χ0) is 14.5. The molecule has 21 heavy (non-hydrogen) atoms. The van der Waals surface area contributed by atoms with E-state index in [0.29, 0.717) is 5.56 Å². The Labute approximate surface area is 126 Å². The second-order valence-electron chi connectivity index (χ2n) is 5.90. The van der Waals surface area contributed by atoms with Crippen molar-refractivity contribution >= 4 is 16.6 Å². The number of pyridine rings is 1. The Kier molecular flexibility index (Phi) is 4.35. The number of anilines is 1. The first-order chi connectivity index (χ1) is 10.4. The van der Waals surface area contributed by atoms with Crippen molar-refractivity contribution < 1.29 is 0 Å². The van der Waals surface area contributed by atoms with Crippen molar-refractivity contribution in [2.24, 2.45) is 5.92 Å². The molecule has 1 aliphatic carbocycles. The molecule has 1 heterocycles. The maximum atomic E-state index is 9.30. The highest BCUT2D eigenvalue weighted by Gasteiger charge is 2.14. The molecule has 108 valence electrons. The van der Waals surface area contributed by atoms with Gasteiger partial charge in [-0.15, -0.1) is 0 Å². The summed E-state index contributed by atoms with van der Waals surface area (Å²) in [4.78, 5) is 4.35. The molecule has 0 atom stereocenters. The molecule has 0 unspecified atom stereocenters.